The summed E-state index contributed by atoms with van der Waals surface area (Å²) in [4.78, 5) is 0. The van der Waals surface area contributed by atoms with Gasteiger partial charge >= 0.3 is 0 Å². The van der Waals surface area contributed by atoms with E-state index in [0.29, 0.717) is 6.04 Å². The van der Waals surface area contributed by atoms with Crippen LogP contribution in [0, 0.1) is 12.3 Å². The van der Waals surface area contributed by atoms with Gasteiger partial charge in [0.2, 0.25) is 0 Å². The minimum Gasteiger partial charge on any atom is -0.334 e. The zero-order valence-corrected chi connectivity index (χ0v) is 5.65. The molecule has 0 aliphatic carbocycles. The molecule has 0 spiro atoms. The maximum atomic E-state index is 5.05. The molecule has 0 aliphatic heterocycles. The Hall–Kier alpha value is -0.480. The number of nitrogens with two attached hydrogens (primary N) is 1. The first-order valence-electron chi connectivity index (χ1n) is 3.08. The third-order valence-corrected chi connectivity index (χ3v) is 1.28. The molecule has 0 aromatic heterocycles. The monoisotopic (exact) mass is 112 g/mol. The number of terminal acetylenes is 1. The van der Waals surface area contributed by atoms with E-state index in [1.54, 1.807) is 0 Å². The summed E-state index contributed by atoms with van der Waals surface area (Å²) in [7, 11) is 0. The predicted molar refractivity (Wildman–Crippen MR) is 35.4 cm³/mol. The Morgan fingerprint density at radius 3 is 2.75 bits per heavy atom. The van der Waals surface area contributed by atoms with E-state index in [1.165, 1.54) is 6.42 Å². The quantitative estimate of drug-likeness (QED) is 0.494. The fourth-order valence-electron chi connectivity index (χ4n) is 0.436. The summed E-state index contributed by atoms with van der Waals surface area (Å²) in [6.07, 6.45) is 6.25. The molecule has 0 aromatic carbocycles. The van der Waals surface area contributed by atoms with Crippen LogP contribution in [0.5, 0.6) is 0 Å². The Morgan fingerprint density at radius 1 is 1.75 bits per heavy atom. The first-order chi connectivity index (χ1) is 3.81. The summed E-state index contributed by atoms with van der Waals surface area (Å²) in [5, 5.41) is 2.17. The molecule has 0 saturated heterocycles. The van der Waals surface area contributed by atoms with Gasteiger partial charge in [-0.15, -0.1) is 6.42 Å². The first kappa shape index (κ1) is 7.52. The van der Waals surface area contributed by atoms with E-state index >= 15 is 0 Å². The predicted octanol–water partition coefficient (Wildman–Crippen LogP) is -0.0185. The molecule has 2 N–H and O–H groups in total. The summed E-state index contributed by atoms with van der Waals surface area (Å²) < 4.78 is 0. The Kier molecular flexibility index (Phi) is 4.39. The van der Waals surface area contributed by atoms with Gasteiger partial charge in [0.15, 0.2) is 0 Å². The molecular weight excluding hydrogens is 98.1 g/mol. The zero-order valence-electron chi connectivity index (χ0n) is 5.65. The topological polar surface area (TPSA) is 16.6 Å². The van der Waals surface area contributed by atoms with Crippen molar-refractivity contribution in [1.29, 1.82) is 0 Å². The van der Waals surface area contributed by atoms with Crippen molar-refractivity contribution in [1.82, 2.24) is 0 Å². The van der Waals surface area contributed by atoms with Crippen molar-refractivity contribution >= 4 is 0 Å². The summed E-state index contributed by atoms with van der Waals surface area (Å²) in [5.41, 5.74) is 0. The highest BCUT2D eigenvalue weighted by molar-refractivity contribution is 4.81. The Bertz CT molecular complexity index is 80.9. The summed E-state index contributed by atoms with van der Waals surface area (Å²) in [6, 6.07) is 0.686. The molecule has 8 heavy (non-hydrogen) atoms. The van der Waals surface area contributed by atoms with E-state index in [0.717, 1.165) is 6.54 Å². The van der Waals surface area contributed by atoms with Crippen molar-refractivity contribution in [2.45, 2.75) is 26.3 Å². The molecule has 1 nitrogen and oxygen atoms in total. The van der Waals surface area contributed by atoms with Gasteiger partial charge in [0.05, 0.1) is 6.04 Å². The second kappa shape index (κ2) is 4.67. The molecule has 0 fully saturated rings. The fraction of sp³-hybridized carbons (Fsp3) is 0.714. The van der Waals surface area contributed by atoms with Crippen molar-refractivity contribution in [2.24, 2.45) is 0 Å². The maximum absolute atomic E-state index is 5.05. The molecular formula is C7H14N+. The van der Waals surface area contributed by atoms with E-state index < -0.39 is 0 Å². The molecule has 0 aromatic rings. The Labute approximate surface area is 51.5 Å². The van der Waals surface area contributed by atoms with E-state index in [-0.39, 0.29) is 0 Å². The molecule has 1 heteroatoms. The lowest BCUT2D eigenvalue weighted by atomic mass is 10.3. The van der Waals surface area contributed by atoms with Gasteiger partial charge in [-0.25, -0.2) is 0 Å². The highest BCUT2D eigenvalue weighted by Gasteiger charge is 1.95. The fourth-order valence-corrected chi connectivity index (χ4v) is 0.436. The molecule has 0 bridgehead atoms. The van der Waals surface area contributed by atoms with Crippen LogP contribution in [-0.2, 0) is 0 Å². The summed E-state index contributed by atoms with van der Waals surface area (Å²) in [6.45, 7) is 5.16. The molecule has 0 amide bonds. The third-order valence-electron chi connectivity index (χ3n) is 1.28. The lowest BCUT2D eigenvalue weighted by Crippen LogP contribution is -2.89. The van der Waals surface area contributed by atoms with Gasteiger partial charge in [-0.1, -0.05) is 6.92 Å². The Morgan fingerprint density at radius 2 is 2.38 bits per heavy atom. The standard InChI is InChI=1S/C7H13N/c1-4-6-8-7(3)5-2/h1,7-8H,5-6H2,2-3H3/p+1/t7-/m1/s1. The van der Waals surface area contributed by atoms with Crippen LogP contribution in [0.2, 0.25) is 0 Å². The molecule has 46 valence electrons. The minimum absolute atomic E-state index is 0.686. The van der Waals surface area contributed by atoms with Gasteiger partial charge in [0.25, 0.3) is 0 Å². The lowest BCUT2D eigenvalue weighted by molar-refractivity contribution is -0.676. The van der Waals surface area contributed by atoms with Crippen molar-refractivity contribution < 1.29 is 5.32 Å². The number of hydrogen-bond donors (Lipinski definition) is 1. The average Bonchev–Trinajstić information content (AvgIpc) is 1.83. The largest absolute Gasteiger partial charge is 0.334 e. The van der Waals surface area contributed by atoms with E-state index in [4.69, 9.17) is 6.42 Å². The minimum atomic E-state index is 0.686. The molecule has 0 unspecified atom stereocenters. The number of rotatable bonds is 3. The SMILES string of the molecule is C#CC[NH2+][C@H](C)CC. The van der Waals surface area contributed by atoms with Crippen LogP contribution in [0.4, 0.5) is 0 Å². The molecule has 0 heterocycles. The van der Waals surface area contributed by atoms with Crippen LogP contribution in [0.25, 0.3) is 0 Å². The molecule has 1 atom stereocenters. The second-order valence-electron chi connectivity index (χ2n) is 2.03. The van der Waals surface area contributed by atoms with Crippen molar-refractivity contribution in [3.63, 3.8) is 0 Å². The van der Waals surface area contributed by atoms with Crippen molar-refractivity contribution in [3.05, 3.63) is 0 Å². The van der Waals surface area contributed by atoms with Gasteiger partial charge < -0.3 is 5.32 Å². The first-order valence-corrected chi connectivity index (χ1v) is 3.08. The maximum Gasteiger partial charge on any atom is 0.137 e. The molecule has 0 saturated carbocycles. The van der Waals surface area contributed by atoms with E-state index in [9.17, 15) is 0 Å². The molecule has 0 radical (unpaired) electrons. The van der Waals surface area contributed by atoms with Crippen LogP contribution in [0.15, 0.2) is 0 Å². The zero-order chi connectivity index (χ0) is 6.41. The molecule has 0 aliphatic rings. The van der Waals surface area contributed by atoms with Crippen LogP contribution in [-0.4, -0.2) is 12.6 Å². The van der Waals surface area contributed by atoms with Gasteiger partial charge in [-0.05, 0) is 19.3 Å². The van der Waals surface area contributed by atoms with Crippen LogP contribution in [0.1, 0.15) is 20.3 Å². The van der Waals surface area contributed by atoms with Crippen LogP contribution in [0.3, 0.4) is 0 Å². The smallest absolute Gasteiger partial charge is 0.137 e. The van der Waals surface area contributed by atoms with Crippen molar-refractivity contribution in [3.8, 4) is 12.3 Å². The highest BCUT2D eigenvalue weighted by Crippen LogP contribution is 1.76. The number of hydrogen-bond acceptors (Lipinski definition) is 0. The third kappa shape index (κ3) is 3.70. The van der Waals surface area contributed by atoms with Gasteiger partial charge in [0.1, 0.15) is 6.54 Å². The summed E-state index contributed by atoms with van der Waals surface area (Å²) in [5.74, 6) is 2.58. The van der Waals surface area contributed by atoms with Crippen molar-refractivity contribution in [2.75, 3.05) is 6.54 Å². The van der Waals surface area contributed by atoms with Crippen LogP contribution < -0.4 is 5.32 Å². The summed E-state index contributed by atoms with van der Waals surface area (Å²) >= 11 is 0. The van der Waals surface area contributed by atoms with Crippen LogP contribution >= 0.6 is 0 Å². The van der Waals surface area contributed by atoms with Gasteiger partial charge in [-0.2, -0.15) is 0 Å². The van der Waals surface area contributed by atoms with E-state index in [2.05, 4.69) is 25.1 Å². The van der Waals surface area contributed by atoms with Gasteiger partial charge in [-0.3, -0.25) is 0 Å². The van der Waals surface area contributed by atoms with Gasteiger partial charge in [0, 0.05) is 0 Å². The molecule has 0 rings (SSSR count). The Balaban J connectivity index is 3.01. The second-order valence-corrected chi connectivity index (χ2v) is 2.03. The highest BCUT2D eigenvalue weighted by atomic mass is 14.9. The normalized spacial score (nSPS) is 12.6. The number of quaternary nitrogens is 1. The lowest BCUT2D eigenvalue weighted by Gasteiger charge is -2.02. The van der Waals surface area contributed by atoms with E-state index in [1.807, 2.05) is 0 Å². The average molecular weight is 112 g/mol.